The molecule has 0 atom stereocenters. The van der Waals surface area contributed by atoms with Crippen molar-refractivity contribution in [2.45, 2.75) is 39.5 Å². The first-order valence-corrected chi connectivity index (χ1v) is 6.73. The molecule has 11 heavy (non-hydrogen) atoms. The van der Waals surface area contributed by atoms with Crippen LogP contribution in [0.15, 0.2) is 0 Å². The molecule has 0 radical (unpaired) electrons. The Morgan fingerprint density at radius 2 is 1.36 bits per heavy atom. The Labute approximate surface area is 81.0 Å². The second-order valence-corrected chi connectivity index (χ2v) is 4.61. The summed E-state index contributed by atoms with van der Waals surface area (Å²) in [5.41, 5.74) is 0. The SMILES string of the molecule is CCCC[O][Sn+2][O]CCCC. The average molecular weight is 265 g/mol. The van der Waals surface area contributed by atoms with E-state index in [9.17, 15) is 0 Å². The van der Waals surface area contributed by atoms with Crippen LogP contribution in [0.4, 0.5) is 0 Å². The predicted octanol–water partition coefficient (Wildman–Crippen LogP) is 2.15. The molecule has 0 aromatic carbocycles. The number of hydrogen-bond donors (Lipinski definition) is 0. The first-order valence-electron chi connectivity index (χ1n) is 4.40. The molecular formula is C8H18O2Sn+2. The van der Waals surface area contributed by atoms with Crippen LogP contribution in [0.2, 0.25) is 0 Å². The van der Waals surface area contributed by atoms with Crippen LogP contribution < -0.4 is 0 Å². The molecule has 0 heterocycles. The van der Waals surface area contributed by atoms with E-state index in [2.05, 4.69) is 13.8 Å². The summed E-state index contributed by atoms with van der Waals surface area (Å²) in [6, 6.07) is 0. The van der Waals surface area contributed by atoms with E-state index in [0.29, 0.717) is 0 Å². The second kappa shape index (κ2) is 10.7. The molecular weight excluding hydrogens is 247 g/mol. The van der Waals surface area contributed by atoms with E-state index in [1.807, 2.05) is 0 Å². The third-order valence-corrected chi connectivity index (χ3v) is 3.16. The van der Waals surface area contributed by atoms with E-state index in [4.69, 9.17) is 6.15 Å². The van der Waals surface area contributed by atoms with E-state index in [0.717, 1.165) is 13.2 Å². The summed E-state index contributed by atoms with van der Waals surface area (Å²) >= 11 is -0.876. The average Bonchev–Trinajstić information content (AvgIpc) is 2.03. The van der Waals surface area contributed by atoms with Crippen molar-refractivity contribution in [2.24, 2.45) is 0 Å². The molecule has 0 rings (SSSR count). The molecule has 0 aromatic rings. The van der Waals surface area contributed by atoms with E-state index >= 15 is 0 Å². The van der Waals surface area contributed by atoms with Gasteiger partial charge in [0.25, 0.3) is 0 Å². The van der Waals surface area contributed by atoms with E-state index in [1.54, 1.807) is 0 Å². The van der Waals surface area contributed by atoms with Gasteiger partial charge in [-0.2, -0.15) is 0 Å². The van der Waals surface area contributed by atoms with Crippen LogP contribution in [0.5, 0.6) is 0 Å². The van der Waals surface area contributed by atoms with Crippen LogP contribution in [0.3, 0.4) is 0 Å². The van der Waals surface area contributed by atoms with Crippen molar-refractivity contribution in [1.29, 1.82) is 0 Å². The first kappa shape index (κ1) is 11.7. The minimum atomic E-state index is -0.876. The van der Waals surface area contributed by atoms with Gasteiger partial charge in [0.15, 0.2) is 0 Å². The molecule has 0 aliphatic heterocycles. The van der Waals surface area contributed by atoms with Gasteiger partial charge in [0.2, 0.25) is 0 Å². The third kappa shape index (κ3) is 10.7. The summed E-state index contributed by atoms with van der Waals surface area (Å²) in [6.45, 7) is 6.17. The summed E-state index contributed by atoms with van der Waals surface area (Å²) in [6.07, 6.45) is 4.79. The van der Waals surface area contributed by atoms with Crippen molar-refractivity contribution in [3.05, 3.63) is 0 Å². The maximum absolute atomic E-state index is 5.37. The van der Waals surface area contributed by atoms with Crippen molar-refractivity contribution in [3.63, 3.8) is 0 Å². The fourth-order valence-electron chi connectivity index (χ4n) is 0.558. The van der Waals surface area contributed by atoms with Crippen LogP contribution in [-0.4, -0.2) is 35.2 Å². The van der Waals surface area contributed by atoms with Crippen LogP contribution >= 0.6 is 0 Å². The standard InChI is InChI=1S/2C4H9O.Sn/c2*1-2-3-4-5;/h2*2-4H2,1H3;/q2*-1;+4. The Morgan fingerprint density at radius 3 is 1.73 bits per heavy atom. The first-order chi connectivity index (χ1) is 5.41. The third-order valence-electron chi connectivity index (χ3n) is 1.32. The van der Waals surface area contributed by atoms with Crippen LogP contribution in [-0.2, 0) is 6.15 Å². The Kier molecular flexibility index (Phi) is 11.4. The zero-order valence-corrected chi connectivity index (χ0v) is 10.4. The zero-order valence-electron chi connectivity index (χ0n) is 7.56. The normalized spacial score (nSPS) is 9.64. The molecule has 0 spiro atoms. The van der Waals surface area contributed by atoms with Gasteiger partial charge in [-0.15, -0.1) is 0 Å². The molecule has 0 aliphatic carbocycles. The summed E-state index contributed by atoms with van der Waals surface area (Å²) < 4.78 is 10.7. The monoisotopic (exact) mass is 266 g/mol. The molecule has 0 fully saturated rings. The van der Waals surface area contributed by atoms with Gasteiger partial charge in [-0.05, 0) is 0 Å². The van der Waals surface area contributed by atoms with Crippen molar-refractivity contribution in [2.75, 3.05) is 13.2 Å². The molecule has 0 aromatic heterocycles. The Bertz CT molecular complexity index is 61.1. The summed E-state index contributed by atoms with van der Waals surface area (Å²) in [7, 11) is 0. The molecule has 64 valence electrons. The van der Waals surface area contributed by atoms with Crippen molar-refractivity contribution >= 4 is 22.0 Å². The van der Waals surface area contributed by atoms with Gasteiger partial charge in [0, 0.05) is 0 Å². The Morgan fingerprint density at radius 1 is 0.909 bits per heavy atom. The molecule has 0 bridgehead atoms. The van der Waals surface area contributed by atoms with Crippen LogP contribution in [0.25, 0.3) is 0 Å². The maximum atomic E-state index is 5.37. The van der Waals surface area contributed by atoms with Gasteiger partial charge < -0.3 is 0 Å². The quantitative estimate of drug-likeness (QED) is 0.494. The van der Waals surface area contributed by atoms with E-state index in [-0.39, 0.29) is 0 Å². The predicted molar refractivity (Wildman–Crippen MR) is 47.5 cm³/mol. The van der Waals surface area contributed by atoms with E-state index < -0.39 is 22.0 Å². The Balaban J connectivity index is 2.69. The number of hydrogen-bond acceptors (Lipinski definition) is 2. The molecule has 0 saturated carbocycles. The second-order valence-electron chi connectivity index (χ2n) is 2.49. The summed E-state index contributed by atoms with van der Waals surface area (Å²) in [4.78, 5) is 0. The van der Waals surface area contributed by atoms with Gasteiger partial charge in [-0.25, -0.2) is 0 Å². The van der Waals surface area contributed by atoms with Crippen molar-refractivity contribution in [1.82, 2.24) is 0 Å². The molecule has 0 saturated heterocycles. The molecule has 0 unspecified atom stereocenters. The summed E-state index contributed by atoms with van der Waals surface area (Å²) in [5, 5.41) is 0. The molecule has 0 amide bonds. The van der Waals surface area contributed by atoms with Crippen molar-refractivity contribution < 1.29 is 6.15 Å². The van der Waals surface area contributed by atoms with E-state index in [1.165, 1.54) is 25.7 Å². The van der Waals surface area contributed by atoms with Crippen LogP contribution in [0, 0.1) is 0 Å². The fraction of sp³-hybridized carbons (Fsp3) is 1.00. The Hall–Kier alpha value is 0.719. The van der Waals surface area contributed by atoms with Gasteiger partial charge in [-0.1, -0.05) is 0 Å². The van der Waals surface area contributed by atoms with Gasteiger partial charge in [-0.3, -0.25) is 0 Å². The molecule has 2 nitrogen and oxygen atoms in total. The van der Waals surface area contributed by atoms with Crippen molar-refractivity contribution in [3.8, 4) is 0 Å². The topological polar surface area (TPSA) is 18.5 Å². The number of unbranched alkanes of at least 4 members (excludes halogenated alkanes) is 2. The fourth-order valence-corrected chi connectivity index (χ4v) is 2.10. The van der Waals surface area contributed by atoms with Gasteiger partial charge in [0.1, 0.15) is 0 Å². The number of rotatable bonds is 8. The molecule has 0 N–H and O–H groups in total. The van der Waals surface area contributed by atoms with Gasteiger partial charge >= 0.3 is 80.9 Å². The zero-order chi connectivity index (χ0) is 8.36. The van der Waals surface area contributed by atoms with Gasteiger partial charge in [0.05, 0.1) is 0 Å². The molecule has 3 heteroatoms. The molecule has 0 aliphatic rings. The minimum absolute atomic E-state index is 0.876. The van der Waals surface area contributed by atoms with Crippen LogP contribution in [0.1, 0.15) is 39.5 Å². The summed E-state index contributed by atoms with van der Waals surface area (Å²) in [5.74, 6) is 0.